The lowest BCUT2D eigenvalue weighted by Gasteiger charge is -2.02. The van der Waals surface area contributed by atoms with Gasteiger partial charge in [0.1, 0.15) is 0 Å². The summed E-state index contributed by atoms with van der Waals surface area (Å²) < 4.78 is 1.60. The third-order valence-corrected chi connectivity index (χ3v) is 2.78. The van der Waals surface area contributed by atoms with Crippen molar-refractivity contribution >= 4 is 11.6 Å². The maximum atomic E-state index is 11.9. The average Bonchev–Trinajstić information content (AvgIpc) is 3.17. The molecule has 0 radical (unpaired) electrons. The molecule has 0 aliphatic heterocycles. The molecule has 0 bridgehead atoms. The summed E-state index contributed by atoms with van der Waals surface area (Å²) in [7, 11) is 0. The number of anilines is 1. The van der Waals surface area contributed by atoms with E-state index in [0.29, 0.717) is 17.2 Å². The first-order valence-corrected chi connectivity index (χ1v) is 6.14. The molecule has 2 heterocycles. The van der Waals surface area contributed by atoms with Crippen molar-refractivity contribution in [2.75, 3.05) is 5.73 Å². The number of hydrogen-bond acceptors (Lipinski definition) is 6. The number of rotatable bonds is 4. The van der Waals surface area contributed by atoms with Gasteiger partial charge in [-0.05, 0) is 30.3 Å². The number of hydrogen-bond donors (Lipinski definition) is 3. The molecule has 0 atom stereocenters. The smallest absolute Gasteiger partial charge is 0.272 e. The van der Waals surface area contributed by atoms with Gasteiger partial charge in [0.25, 0.3) is 5.91 Å². The number of benzene rings is 1. The van der Waals surface area contributed by atoms with Crippen LogP contribution in [0.2, 0.25) is 0 Å². The first-order valence-electron chi connectivity index (χ1n) is 6.14. The van der Waals surface area contributed by atoms with Crippen molar-refractivity contribution in [2.24, 2.45) is 0 Å². The van der Waals surface area contributed by atoms with Crippen LogP contribution in [0.1, 0.15) is 16.3 Å². The van der Waals surface area contributed by atoms with Crippen LogP contribution in [0.3, 0.4) is 0 Å². The number of tetrazole rings is 1. The van der Waals surface area contributed by atoms with Crippen molar-refractivity contribution in [3.63, 3.8) is 0 Å². The quantitative estimate of drug-likeness (QED) is 0.574. The van der Waals surface area contributed by atoms with Crippen LogP contribution in [0.15, 0.2) is 36.5 Å². The molecule has 2 aromatic heterocycles. The summed E-state index contributed by atoms with van der Waals surface area (Å²) in [6, 6.07) is 8.81. The Hall–Kier alpha value is -3.23. The molecule has 4 N–H and O–H groups in total. The van der Waals surface area contributed by atoms with Crippen LogP contribution in [0.4, 0.5) is 5.69 Å². The van der Waals surface area contributed by atoms with Gasteiger partial charge in [0, 0.05) is 11.9 Å². The highest BCUT2D eigenvalue weighted by Crippen LogP contribution is 2.10. The van der Waals surface area contributed by atoms with Crippen molar-refractivity contribution in [2.45, 2.75) is 6.54 Å². The minimum atomic E-state index is -0.311. The molecule has 21 heavy (non-hydrogen) atoms. The Balaban J connectivity index is 1.69. The van der Waals surface area contributed by atoms with E-state index in [9.17, 15) is 4.79 Å². The largest absolute Gasteiger partial charge is 0.399 e. The summed E-state index contributed by atoms with van der Waals surface area (Å²) in [5.74, 6) is 0.0929. The number of nitrogen functional groups attached to an aromatic ring is 1. The van der Waals surface area contributed by atoms with E-state index in [4.69, 9.17) is 5.73 Å². The molecule has 9 heteroatoms. The van der Waals surface area contributed by atoms with Crippen molar-refractivity contribution < 1.29 is 4.79 Å². The predicted molar refractivity (Wildman–Crippen MR) is 73.3 cm³/mol. The number of aromatic nitrogens is 6. The third kappa shape index (κ3) is 2.86. The summed E-state index contributed by atoms with van der Waals surface area (Å²) in [5.41, 5.74) is 7.42. The van der Waals surface area contributed by atoms with E-state index in [2.05, 4.69) is 31.0 Å². The van der Waals surface area contributed by atoms with Gasteiger partial charge in [-0.1, -0.05) is 5.21 Å². The zero-order chi connectivity index (χ0) is 14.7. The van der Waals surface area contributed by atoms with Gasteiger partial charge in [-0.3, -0.25) is 4.79 Å². The first kappa shape index (κ1) is 12.8. The van der Waals surface area contributed by atoms with Crippen molar-refractivity contribution in [1.29, 1.82) is 0 Å². The van der Waals surface area contributed by atoms with Crippen LogP contribution in [0.5, 0.6) is 0 Å². The number of carbonyl (C=O) groups excluding carboxylic acids is 1. The summed E-state index contributed by atoms with van der Waals surface area (Å²) >= 11 is 0. The summed E-state index contributed by atoms with van der Waals surface area (Å²) in [5, 5.41) is 20.1. The average molecular weight is 284 g/mol. The molecule has 3 aromatic rings. The van der Waals surface area contributed by atoms with Gasteiger partial charge >= 0.3 is 0 Å². The molecule has 9 nitrogen and oxygen atoms in total. The Morgan fingerprint density at radius 3 is 2.81 bits per heavy atom. The second-order valence-electron chi connectivity index (χ2n) is 4.25. The fourth-order valence-electron chi connectivity index (χ4n) is 1.72. The number of nitrogens with zero attached hydrogens (tertiary/aromatic N) is 5. The van der Waals surface area contributed by atoms with Gasteiger partial charge in [-0.2, -0.15) is 10.3 Å². The van der Waals surface area contributed by atoms with E-state index in [0.717, 1.165) is 5.69 Å². The van der Waals surface area contributed by atoms with Gasteiger partial charge in [0.05, 0.1) is 12.2 Å². The summed E-state index contributed by atoms with van der Waals surface area (Å²) in [4.78, 5) is 11.9. The SMILES string of the molecule is Nc1ccc(-n2ccc(C(=O)NCc3nn[nH]n3)n2)cc1. The van der Waals surface area contributed by atoms with E-state index in [-0.39, 0.29) is 12.5 Å². The fraction of sp³-hybridized carbons (Fsp3) is 0.0833. The van der Waals surface area contributed by atoms with E-state index in [1.165, 1.54) is 0 Å². The summed E-state index contributed by atoms with van der Waals surface area (Å²) in [6.07, 6.45) is 1.70. The number of amides is 1. The zero-order valence-electron chi connectivity index (χ0n) is 10.9. The van der Waals surface area contributed by atoms with Gasteiger partial charge in [0.15, 0.2) is 11.5 Å². The first-order chi connectivity index (χ1) is 10.2. The molecule has 1 aromatic carbocycles. The van der Waals surface area contributed by atoms with Crippen LogP contribution in [-0.2, 0) is 6.54 Å². The van der Waals surface area contributed by atoms with Crippen molar-refractivity contribution in [3.8, 4) is 5.69 Å². The minimum absolute atomic E-state index is 0.185. The second-order valence-corrected chi connectivity index (χ2v) is 4.25. The highest BCUT2D eigenvalue weighted by Gasteiger charge is 2.10. The molecular formula is C12H12N8O. The van der Waals surface area contributed by atoms with Crippen molar-refractivity contribution in [3.05, 3.63) is 48.0 Å². The lowest BCUT2D eigenvalue weighted by Crippen LogP contribution is -2.24. The maximum absolute atomic E-state index is 11.9. The molecule has 0 aliphatic carbocycles. The van der Waals surface area contributed by atoms with Crippen LogP contribution < -0.4 is 11.1 Å². The van der Waals surface area contributed by atoms with Gasteiger partial charge in [-0.15, -0.1) is 10.2 Å². The zero-order valence-corrected chi connectivity index (χ0v) is 10.9. The third-order valence-electron chi connectivity index (χ3n) is 2.78. The Kier molecular flexibility index (Phi) is 3.29. The summed E-state index contributed by atoms with van der Waals surface area (Å²) in [6.45, 7) is 0.185. The molecule has 3 rings (SSSR count). The number of carbonyl (C=O) groups is 1. The number of aromatic amines is 1. The van der Waals surface area contributed by atoms with E-state index in [1.54, 1.807) is 29.1 Å². The molecule has 1 amide bonds. The molecule has 0 spiro atoms. The molecule has 0 saturated heterocycles. The molecule has 0 saturated carbocycles. The number of nitrogens with two attached hydrogens (primary N) is 1. The van der Waals surface area contributed by atoms with Crippen LogP contribution in [0, 0.1) is 0 Å². The van der Waals surface area contributed by atoms with E-state index < -0.39 is 0 Å². The number of H-pyrrole nitrogens is 1. The van der Waals surface area contributed by atoms with E-state index in [1.807, 2.05) is 12.1 Å². The molecule has 0 fully saturated rings. The monoisotopic (exact) mass is 284 g/mol. The second kappa shape index (κ2) is 5.41. The van der Waals surface area contributed by atoms with Gasteiger partial charge in [-0.25, -0.2) is 4.68 Å². The minimum Gasteiger partial charge on any atom is -0.399 e. The Morgan fingerprint density at radius 1 is 1.29 bits per heavy atom. The molecule has 0 unspecified atom stereocenters. The topological polar surface area (TPSA) is 127 Å². The normalized spacial score (nSPS) is 10.5. The Bertz CT molecular complexity index is 731. The molecular weight excluding hydrogens is 272 g/mol. The van der Waals surface area contributed by atoms with Crippen LogP contribution in [0.25, 0.3) is 5.69 Å². The van der Waals surface area contributed by atoms with Crippen LogP contribution >= 0.6 is 0 Å². The van der Waals surface area contributed by atoms with Crippen LogP contribution in [-0.4, -0.2) is 36.3 Å². The Morgan fingerprint density at radius 2 is 2.10 bits per heavy atom. The lowest BCUT2D eigenvalue weighted by molar-refractivity contribution is 0.0944. The lowest BCUT2D eigenvalue weighted by atomic mass is 10.3. The molecule has 0 aliphatic rings. The number of nitrogens with one attached hydrogen (secondary N) is 2. The van der Waals surface area contributed by atoms with Gasteiger partial charge < -0.3 is 11.1 Å². The van der Waals surface area contributed by atoms with Crippen molar-refractivity contribution in [1.82, 2.24) is 35.7 Å². The predicted octanol–water partition coefficient (Wildman–Crippen LogP) is -0.102. The highest BCUT2D eigenvalue weighted by atomic mass is 16.1. The standard InChI is InChI=1S/C12H12N8O/c13-8-1-3-9(4-2-8)20-6-5-10(17-20)12(21)14-7-11-15-18-19-16-11/h1-6H,7,13H2,(H,14,21)(H,15,16,18,19). The fourth-order valence-corrected chi connectivity index (χ4v) is 1.72. The molecule has 106 valence electrons. The highest BCUT2D eigenvalue weighted by molar-refractivity contribution is 5.92. The van der Waals surface area contributed by atoms with Gasteiger partial charge in [0.2, 0.25) is 0 Å². The van der Waals surface area contributed by atoms with E-state index >= 15 is 0 Å². The Labute approximate surface area is 119 Å². The maximum Gasteiger partial charge on any atom is 0.272 e.